The number of benzene rings is 1. The lowest BCUT2D eigenvalue weighted by Gasteiger charge is -2.58. The number of hydrogen-bond acceptors (Lipinski definition) is 11. The average molecular weight is 907 g/mol. The van der Waals surface area contributed by atoms with E-state index in [2.05, 4.69) is 46.0 Å². The van der Waals surface area contributed by atoms with Crippen LogP contribution < -0.4 is 5.32 Å². The van der Waals surface area contributed by atoms with E-state index in [-0.39, 0.29) is 43.7 Å². The number of aliphatic hydroxyl groups is 1. The van der Waals surface area contributed by atoms with Gasteiger partial charge in [-0.2, -0.15) is 0 Å². The fraction of sp³-hybridized carbons (Fsp3) is 0.720. The molecule has 2 heterocycles. The third-order valence-corrected chi connectivity index (χ3v) is 17.6. The lowest BCUT2D eigenvalue weighted by Crippen LogP contribution is -2.51. The Bertz CT molecular complexity index is 2080. The fourth-order valence-corrected chi connectivity index (χ4v) is 14.0. The van der Waals surface area contributed by atoms with E-state index in [1.807, 2.05) is 35.8 Å². The summed E-state index contributed by atoms with van der Waals surface area (Å²) in [5.74, 6) is 6.91. The third-order valence-electron chi connectivity index (χ3n) is 15.3. The Balaban J connectivity index is 0.821. The lowest BCUT2D eigenvalue weighted by atomic mass is 9.47. The summed E-state index contributed by atoms with van der Waals surface area (Å²) < 4.78 is 24.6. The summed E-state index contributed by atoms with van der Waals surface area (Å²) in [4.78, 5) is 35.3. The molecule has 2 aromatic heterocycles. The SMILES string of the molecule is CCOCc1nc2c(NC(=O)OCCSSCCOC(=O)O[C@H]3CC[C@@]4(C)C(=CC[C@H]5[C@@H]6CC[C@H]([C@H](C)CCCC(C)C)[C@@]6(C)CC[C@@H]54)C3)nc3ccccc3c2n1CC(C)(C)O. The Hall–Kier alpha value is -3.00. The molecular weight excluding hydrogens is 833 g/mol. The molecule has 13 heteroatoms. The summed E-state index contributed by atoms with van der Waals surface area (Å²) in [5, 5.41) is 14.4. The Morgan fingerprint density at radius 3 is 2.49 bits per heavy atom. The van der Waals surface area contributed by atoms with Gasteiger partial charge in [0.2, 0.25) is 0 Å². The van der Waals surface area contributed by atoms with Gasteiger partial charge in [0.05, 0.1) is 23.2 Å². The largest absolute Gasteiger partial charge is 0.508 e. The number of para-hydroxylation sites is 1. The average Bonchev–Trinajstić information content (AvgIpc) is 3.77. The first-order chi connectivity index (χ1) is 30.1. The molecule has 1 aromatic carbocycles. The number of allylic oxidation sites excluding steroid dienone is 1. The number of fused-ring (bicyclic) bond motifs is 8. The van der Waals surface area contributed by atoms with Crippen molar-refractivity contribution in [1.82, 2.24) is 14.5 Å². The molecule has 11 nitrogen and oxygen atoms in total. The van der Waals surface area contributed by atoms with Crippen LogP contribution in [0.4, 0.5) is 15.4 Å². The highest BCUT2D eigenvalue weighted by molar-refractivity contribution is 8.76. The number of anilines is 1. The molecule has 63 heavy (non-hydrogen) atoms. The molecule has 3 aromatic rings. The number of ether oxygens (including phenoxy) is 4. The minimum absolute atomic E-state index is 0.128. The van der Waals surface area contributed by atoms with E-state index in [0.29, 0.717) is 40.4 Å². The molecule has 4 aliphatic rings. The summed E-state index contributed by atoms with van der Waals surface area (Å²) in [6.45, 7) is 19.3. The molecule has 3 saturated carbocycles. The van der Waals surface area contributed by atoms with Crippen LogP contribution in [0.3, 0.4) is 0 Å². The highest BCUT2D eigenvalue weighted by atomic mass is 33.1. The Morgan fingerprint density at radius 1 is 0.984 bits per heavy atom. The van der Waals surface area contributed by atoms with Gasteiger partial charge in [0, 0.05) is 29.9 Å². The number of rotatable bonds is 19. The molecule has 4 aliphatic carbocycles. The van der Waals surface area contributed by atoms with Gasteiger partial charge < -0.3 is 28.6 Å². The molecule has 0 unspecified atom stereocenters. The van der Waals surface area contributed by atoms with Crippen molar-refractivity contribution in [3.8, 4) is 0 Å². The predicted molar refractivity (Wildman–Crippen MR) is 256 cm³/mol. The molecule has 1 amide bonds. The zero-order valence-corrected chi connectivity index (χ0v) is 40.8. The number of aromatic nitrogens is 3. The molecular formula is C50H74N4O7S2. The van der Waals surface area contributed by atoms with Crippen LogP contribution >= 0.6 is 21.6 Å². The first-order valence-corrected chi connectivity index (χ1v) is 26.4. The van der Waals surface area contributed by atoms with Crippen molar-refractivity contribution in [1.29, 1.82) is 0 Å². The second kappa shape index (κ2) is 20.7. The number of nitrogens with zero attached hydrogens (tertiary/aromatic N) is 3. The number of pyridine rings is 1. The highest BCUT2D eigenvalue weighted by Crippen LogP contribution is 2.67. The summed E-state index contributed by atoms with van der Waals surface area (Å²) in [6.07, 6.45) is 14.8. The smallest absolute Gasteiger partial charge is 0.448 e. The molecule has 0 spiro atoms. The number of amides is 1. The van der Waals surface area contributed by atoms with E-state index < -0.39 is 17.8 Å². The second-order valence-corrected chi connectivity index (χ2v) is 23.2. The van der Waals surface area contributed by atoms with Crippen molar-refractivity contribution >= 4 is 61.6 Å². The standard InChI is InChI=1S/C50H74N4O7S2/c1-9-58-30-42-52-43-44(54(42)31-48(5,6)57)37-15-10-11-16-41(37)51-45(43)53-46(55)59-25-27-62-63-28-26-60-47(56)61-35-21-23-49(7)34(29-35)17-18-36-39-20-19-38(33(4)14-12-13-32(2)3)50(39,8)24-22-40(36)49/h10-11,15-17,32-33,35-36,38-40,57H,9,12-14,18-31H2,1-8H3,(H,51,53,55)/t33-,35+,36+,38-,39+,40+,49+,50-/m1/s1. The van der Waals surface area contributed by atoms with Gasteiger partial charge in [-0.3, -0.25) is 5.32 Å². The van der Waals surface area contributed by atoms with Crippen molar-refractivity contribution in [2.24, 2.45) is 46.3 Å². The van der Waals surface area contributed by atoms with E-state index in [9.17, 15) is 14.7 Å². The maximum Gasteiger partial charge on any atom is 0.508 e. The van der Waals surface area contributed by atoms with Crippen molar-refractivity contribution in [2.45, 2.75) is 151 Å². The Labute approximate surface area is 383 Å². The topological polar surface area (TPSA) is 134 Å². The maximum absolute atomic E-state index is 13.0. The molecule has 3 fully saturated rings. The molecule has 0 saturated heterocycles. The molecule has 0 radical (unpaired) electrons. The molecule has 8 atom stereocenters. The number of imidazole rings is 1. The van der Waals surface area contributed by atoms with Crippen LogP contribution in [0.15, 0.2) is 35.9 Å². The molecule has 7 rings (SSSR count). The van der Waals surface area contributed by atoms with Crippen molar-refractivity contribution in [2.75, 3.05) is 36.6 Å². The number of carbonyl (C=O) groups is 2. The van der Waals surface area contributed by atoms with E-state index in [0.717, 1.165) is 65.7 Å². The van der Waals surface area contributed by atoms with Crippen LogP contribution in [0, 0.1) is 46.3 Å². The fourth-order valence-electron chi connectivity index (χ4n) is 12.3. The quantitative estimate of drug-likeness (QED) is 0.0515. The van der Waals surface area contributed by atoms with Gasteiger partial charge in [-0.15, -0.1) is 0 Å². The monoisotopic (exact) mass is 906 g/mol. The normalized spacial score (nSPS) is 27.4. The first-order valence-electron chi connectivity index (χ1n) is 23.9. The number of carbonyl (C=O) groups excluding carboxylic acids is 2. The number of nitrogens with one attached hydrogen (secondary N) is 1. The summed E-state index contributed by atoms with van der Waals surface area (Å²) in [5.41, 5.74) is 3.13. The minimum Gasteiger partial charge on any atom is -0.448 e. The Morgan fingerprint density at radius 2 is 1.75 bits per heavy atom. The van der Waals surface area contributed by atoms with Gasteiger partial charge in [0.15, 0.2) is 5.82 Å². The van der Waals surface area contributed by atoms with Crippen molar-refractivity contribution < 1.29 is 33.6 Å². The van der Waals surface area contributed by atoms with Crippen molar-refractivity contribution in [3.63, 3.8) is 0 Å². The molecule has 2 N–H and O–H groups in total. The van der Waals surface area contributed by atoms with Crippen LogP contribution in [0.2, 0.25) is 0 Å². The molecule has 348 valence electrons. The van der Waals surface area contributed by atoms with Gasteiger partial charge in [-0.25, -0.2) is 19.6 Å². The van der Waals surface area contributed by atoms with E-state index in [1.165, 1.54) is 56.9 Å². The van der Waals surface area contributed by atoms with Crippen LogP contribution in [0.25, 0.3) is 21.9 Å². The van der Waals surface area contributed by atoms with Crippen LogP contribution in [-0.4, -0.2) is 74.9 Å². The summed E-state index contributed by atoms with van der Waals surface area (Å²) in [6, 6.07) is 7.65. The zero-order valence-electron chi connectivity index (χ0n) is 39.2. The molecule has 0 bridgehead atoms. The summed E-state index contributed by atoms with van der Waals surface area (Å²) >= 11 is 0. The second-order valence-electron chi connectivity index (χ2n) is 20.5. The zero-order chi connectivity index (χ0) is 44.9. The van der Waals surface area contributed by atoms with E-state index in [4.69, 9.17) is 28.9 Å². The van der Waals surface area contributed by atoms with Gasteiger partial charge in [-0.05, 0) is 118 Å². The number of hydrogen-bond donors (Lipinski definition) is 2. The van der Waals surface area contributed by atoms with Gasteiger partial charge in [-0.1, -0.05) is 105 Å². The van der Waals surface area contributed by atoms with E-state index in [1.54, 1.807) is 35.4 Å². The van der Waals surface area contributed by atoms with Gasteiger partial charge in [0.1, 0.15) is 37.3 Å². The van der Waals surface area contributed by atoms with Gasteiger partial charge in [0.25, 0.3) is 0 Å². The third kappa shape index (κ3) is 11.0. The van der Waals surface area contributed by atoms with Crippen molar-refractivity contribution in [3.05, 3.63) is 41.7 Å². The van der Waals surface area contributed by atoms with Crippen LogP contribution in [0.1, 0.15) is 132 Å². The lowest BCUT2D eigenvalue weighted by molar-refractivity contribution is -0.0614. The highest BCUT2D eigenvalue weighted by Gasteiger charge is 2.59. The predicted octanol–water partition coefficient (Wildman–Crippen LogP) is 12.4. The van der Waals surface area contributed by atoms with Crippen LogP contribution in [-0.2, 0) is 32.1 Å². The first kappa shape index (κ1) is 47.9. The van der Waals surface area contributed by atoms with Crippen LogP contribution in [0.5, 0.6) is 0 Å². The maximum atomic E-state index is 13.0. The summed E-state index contributed by atoms with van der Waals surface area (Å²) in [7, 11) is 3.10. The van der Waals surface area contributed by atoms with Gasteiger partial charge >= 0.3 is 12.2 Å². The Kier molecular flexibility index (Phi) is 15.7. The molecule has 0 aliphatic heterocycles. The van der Waals surface area contributed by atoms with E-state index >= 15 is 0 Å². The minimum atomic E-state index is -1.02.